The molecule has 1 amide bonds. The van der Waals surface area contributed by atoms with Crippen molar-refractivity contribution in [1.82, 2.24) is 5.32 Å². The number of alkyl halides is 1. The molecule has 1 N–H and O–H groups in total. The third-order valence-electron chi connectivity index (χ3n) is 3.11. The van der Waals surface area contributed by atoms with Gasteiger partial charge in [0.1, 0.15) is 0 Å². The molecule has 1 aliphatic carbocycles. The summed E-state index contributed by atoms with van der Waals surface area (Å²) < 4.78 is 0. The van der Waals surface area contributed by atoms with Crippen molar-refractivity contribution in [2.45, 2.75) is 32.2 Å². The van der Waals surface area contributed by atoms with Gasteiger partial charge in [-0.15, -0.1) is 0 Å². The first-order valence-corrected chi connectivity index (χ1v) is 6.64. The van der Waals surface area contributed by atoms with Crippen molar-refractivity contribution in [3.8, 4) is 0 Å². The zero-order valence-corrected chi connectivity index (χ0v) is 11.2. The maximum absolute atomic E-state index is 12.1. The SMILES string of the molecule is Cc1ccc(C(=O)NC2(CBr)CC2)c(C)c1. The van der Waals surface area contributed by atoms with Crippen LogP contribution in [0.5, 0.6) is 0 Å². The highest BCUT2D eigenvalue weighted by molar-refractivity contribution is 9.09. The zero-order chi connectivity index (χ0) is 11.8. The maximum Gasteiger partial charge on any atom is 0.252 e. The van der Waals surface area contributed by atoms with Crippen molar-refractivity contribution in [3.05, 3.63) is 34.9 Å². The molecule has 1 aromatic rings. The Hall–Kier alpha value is -0.830. The van der Waals surface area contributed by atoms with Crippen molar-refractivity contribution in [3.63, 3.8) is 0 Å². The van der Waals surface area contributed by atoms with E-state index in [1.165, 1.54) is 5.56 Å². The smallest absolute Gasteiger partial charge is 0.252 e. The summed E-state index contributed by atoms with van der Waals surface area (Å²) in [5.41, 5.74) is 3.05. The summed E-state index contributed by atoms with van der Waals surface area (Å²) in [6.07, 6.45) is 2.16. The molecule has 0 unspecified atom stereocenters. The molecule has 1 saturated carbocycles. The van der Waals surface area contributed by atoms with Crippen LogP contribution in [0.3, 0.4) is 0 Å². The van der Waals surface area contributed by atoms with Gasteiger partial charge in [-0.1, -0.05) is 33.6 Å². The number of hydrogen-bond donors (Lipinski definition) is 1. The predicted octanol–water partition coefficient (Wildman–Crippen LogP) is 2.96. The highest BCUT2D eigenvalue weighted by Gasteiger charge is 2.43. The molecule has 1 aromatic carbocycles. The fraction of sp³-hybridized carbons (Fsp3) is 0.462. The number of carbonyl (C=O) groups excluding carboxylic acids is 1. The van der Waals surface area contributed by atoms with Gasteiger partial charge in [0.25, 0.3) is 5.91 Å². The third-order valence-corrected chi connectivity index (χ3v) is 4.19. The number of amides is 1. The minimum atomic E-state index is 0.0222. The fourth-order valence-corrected chi connectivity index (χ4v) is 2.52. The number of halogens is 1. The molecule has 2 nitrogen and oxygen atoms in total. The minimum Gasteiger partial charge on any atom is -0.346 e. The Balaban J connectivity index is 2.15. The van der Waals surface area contributed by atoms with Crippen LogP contribution in [0, 0.1) is 13.8 Å². The highest BCUT2D eigenvalue weighted by atomic mass is 79.9. The van der Waals surface area contributed by atoms with E-state index in [1.807, 2.05) is 32.0 Å². The largest absolute Gasteiger partial charge is 0.346 e. The third kappa shape index (κ3) is 2.29. The van der Waals surface area contributed by atoms with Gasteiger partial charge in [0, 0.05) is 10.9 Å². The Bertz CT molecular complexity index is 424. The Labute approximate surface area is 105 Å². The number of benzene rings is 1. The van der Waals surface area contributed by atoms with E-state index in [2.05, 4.69) is 21.2 Å². The van der Waals surface area contributed by atoms with Gasteiger partial charge < -0.3 is 5.32 Å². The lowest BCUT2D eigenvalue weighted by Crippen LogP contribution is -2.38. The first-order valence-electron chi connectivity index (χ1n) is 5.52. The fourth-order valence-electron chi connectivity index (χ4n) is 1.82. The van der Waals surface area contributed by atoms with Gasteiger partial charge in [0.2, 0.25) is 0 Å². The predicted molar refractivity (Wildman–Crippen MR) is 69.1 cm³/mol. The van der Waals surface area contributed by atoms with Crippen LogP contribution < -0.4 is 5.32 Å². The molecule has 3 heteroatoms. The van der Waals surface area contributed by atoms with Crippen LogP contribution in [0.15, 0.2) is 18.2 Å². The van der Waals surface area contributed by atoms with Crippen molar-refractivity contribution in [2.75, 3.05) is 5.33 Å². The summed E-state index contributed by atoms with van der Waals surface area (Å²) in [7, 11) is 0. The van der Waals surface area contributed by atoms with Gasteiger partial charge in [-0.3, -0.25) is 4.79 Å². The summed E-state index contributed by atoms with van der Waals surface area (Å²) in [4.78, 5) is 12.1. The molecule has 0 saturated heterocycles. The summed E-state index contributed by atoms with van der Waals surface area (Å²) in [5, 5.41) is 3.95. The molecule has 2 rings (SSSR count). The molecule has 86 valence electrons. The molecule has 0 aromatic heterocycles. The molecule has 1 aliphatic rings. The number of hydrogen-bond acceptors (Lipinski definition) is 1. The maximum atomic E-state index is 12.1. The lowest BCUT2D eigenvalue weighted by atomic mass is 10.0. The normalized spacial score (nSPS) is 16.9. The van der Waals surface area contributed by atoms with Crippen LogP contribution >= 0.6 is 15.9 Å². The first-order chi connectivity index (χ1) is 7.56. The molecule has 0 aliphatic heterocycles. The molecule has 1 fully saturated rings. The van der Waals surface area contributed by atoms with Crippen molar-refractivity contribution in [2.24, 2.45) is 0 Å². The first kappa shape index (κ1) is 11.6. The van der Waals surface area contributed by atoms with Crippen LogP contribution in [0.1, 0.15) is 34.3 Å². The second-order valence-corrected chi connectivity index (χ2v) is 5.25. The zero-order valence-electron chi connectivity index (χ0n) is 9.64. The van der Waals surface area contributed by atoms with E-state index >= 15 is 0 Å². The van der Waals surface area contributed by atoms with E-state index in [4.69, 9.17) is 0 Å². The van der Waals surface area contributed by atoms with Crippen LogP contribution in [-0.4, -0.2) is 16.8 Å². The van der Waals surface area contributed by atoms with E-state index < -0.39 is 0 Å². The average Bonchev–Trinajstić information content (AvgIpc) is 2.98. The van der Waals surface area contributed by atoms with Crippen molar-refractivity contribution >= 4 is 21.8 Å². The second kappa shape index (κ2) is 4.21. The number of aryl methyl sites for hydroxylation is 2. The number of carbonyl (C=O) groups is 1. The van der Waals surface area contributed by atoms with Gasteiger partial charge in [0.15, 0.2) is 0 Å². The summed E-state index contributed by atoms with van der Waals surface area (Å²) in [6.45, 7) is 4.02. The average molecular weight is 282 g/mol. The second-order valence-electron chi connectivity index (χ2n) is 4.69. The Morgan fingerprint density at radius 3 is 2.62 bits per heavy atom. The standard InChI is InChI=1S/C13H16BrNO/c1-9-3-4-11(10(2)7-9)12(16)15-13(8-14)5-6-13/h3-4,7H,5-6,8H2,1-2H3,(H,15,16). The van der Waals surface area contributed by atoms with Gasteiger partial charge in [0.05, 0.1) is 5.54 Å². The lowest BCUT2D eigenvalue weighted by Gasteiger charge is -2.15. The number of rotatable bonds is 3. The van der Waals surface area contributed by atoms with Crippen molar-refractivity contribution < 1.29 is 4.79 Å². The summed E-state index contributed by atoms with van der Waals surface area (Å²) >= 11 is 3.45. The van der Waals surface area contributed by atoms with E-state index in [1.54, 1.807) is 0 Å². The molecular weight excluding hydrogens is 266 g/mol. The monoisotopic (exact) mass is 281 g/mol. The van der Waals surface area contributed by atoms with Crippen LogP contribution in [0.4, 0.5) is 0 Å². The Morgan fingerprint density at radius 1 is 1.44 bits per heavy atom. The van der Waals surface area contributed by atoms with Crippen LogP contribution in [-0.2, 0) is 0 Å². The van der Waals surface area contributed by atoms with Gasteiger partial charge in [-0.05, 0) is 38.3 Å². The molecule has 0 bridgehead atoms. The van der Waals surface area contributed by atoms with E-state index in [-0.39, 0.29) is 11.4 Å². The summed E-state index contributed by atoms with van der Waals surface area (Å²) in [6, 6.07) is 5.93. The Morgan fingerprint density at radius 2 is 2.12 bits per heavy atom. The molecular formula is C13H16BrNO. The van der Waals surface area contributed by atoms with Gasteiger partial charge in [-0.2, -0.15) is 0 Å². The molecule has 0 spiro atoms. The molecule has 0 radical (unpaired) electrons. The van der Waals surface area contributed by atoms with Gasteiger partial charge in [-0.25, -0.2) is 0 Å². The van der Waals surface area contributed by atoms with Gasteiger partial charge >= 0.3 is 0 Å². The van der Waals surface area contributed by atoms with E-state index in [0.29, 0.717) is 0 Å². The topological polar surface area (TPSA) is 29.1 Å². The molecule has 16 heavy (non-hydrogen) atoms. The molecule has 0 heterocycles. The lowest BCUT2D eigenvalue weighted by molar-refractivity contribution is 0.0936. The van der Waals surface area contributed by atoms with Crippen LogP contribution in [0.2, 0.25) is 0 Å². The van der Waals surface area contributed by atoms with Crippen molar-refractivity contribution in [1.29, 1.82) is 0 Å². The molecule has 0 atom stereocenters. The quantitative estimate of drug-likeness (QED) is 0.848. The minimum absolute atomic E-state index is 0.0222. The number of nitrogens with one attached hydrogen (secondary N) is 1. The highest BCUT2D eigenvalue weighted by Crippen LogP contribution is 2.37. The van der Waals surface area contributed by atoms with E-state index in [0.717, 1.165) is 29.3 Å². The summed E-state index contributed by atoms with van der Waals surface area (Å²) in [5.74, 6) is 0.0504. The van der Waals surface area contributed by atoms with Crippen LogP contribution in [0.25, 0.3) is 0 Å². The Kier molecular flexibility index (Phi) is 3.06. The van der Waals surface area contributed by atoms with E-state index in [9.17, 15) is 4.79 Å².